The number of rotatable bonds is 7. The van der Waals surface area contributed by atoms with Gasteiger partial charge in [0.15, 0.2) is 0 Å². The van der Waals surface area contributed by atoms with E-state index in [1.807, 2.05) is 6.07 Å². The van der Waals surface area contributed by atoms with Gasteiger partial charge in [0.05, 0.1) is 18.2 Å². The van der Waals surface area contributed by atoms with Gasteiger partial charge < -0.3 is 19.1 Å². The summed E-state index contributed by atoms with van der Waals surface area (Å²) in [5.41, 5.74) is 6.51. The summed E-state index contributed by atoms with van der Waals surface area (Å²) in [6, 6.07) is 12.9. The van der Waals surface area contributed by atoms with Crippen LogP contribution in [0.15, 0.2) is 36.4 Å². The molecule has 4 heterocycles. The predicted molar refractivity (Wildman–Crippen MR) is 190 cm³/mol. The number of likely N-dealkylation sites (tertiary alicyclic amines) is 2. The molecule has 8 heteroatoms. The van der Waals surface area contributed by atoms with Crippen molar-refractivity contribution < 1.29 is 14.3 Å². The van der Waals surface area contributed by atoms with Gasteiger partial charge in [-0.15, -0.1) is 0 Å². The largest absolute Gasteiger partial charge is 0.497 e. The van der Waals surface area contributed by atoms with Crippen LogP contribution in [0.5, 0.6) is 5.75 Å². The molecule has 1 aromatic heterocycles. The summed E-state index contributed by atoms with van der Waals surface area (Å²) in [5.74, 6) is 2.69. The second kappa shape index (κ2) is 12.2. The van der Waals surface area contributed by atoms with Gasteiger partial charge in [0.25, 0.3) is 5.91 Å². The minimum atomic E-state index is -0.488. The number of piperidine rings is 1. The van der Waals surface area contributed by atoms with Crippen molar-refractivity contribution in [2.24, 2.45) is 5.41 Å². The smallest absolute Gasteiger partial charge is 0.261 e. The average molecular weight is 655 g/mol. The maximum Gasteiger partial charge on any atom is 0.261 e. The van der Waals surface area contributed by atoms with Gasteiger partial charge in [-0.3, -0.25) is 14.3 Å². The Hall–Kier alpha value is -2.97. The third-order valence-electron chi connectivity index (χ3n) is 12.4. The first-order chi connectivity index (χ1) is 22.9. The van der Waals surface area contributed by atoms with Gasteiger partial charge in [0.1, 0.15) is 5.75 Å². The van der Waals surface area contributed by atoms with E-state index < -0.39 is 5.41 Å². The Morgan fingerprint density at radius 3 is 2.57 bits per heavy atom. The summed E-state index contributed by atoms with van der Waals surface area (Å²) in [4.78, 5) is 33.3. The lowest BCUT2D eigenvalue weighted by molar-refractivity contribution is -0.143. The van der Waals surface area contributed by atoms with E-state index >= 15 is 4.79 Å². The van der Waals surface area contributed by atoms with E-state index in [4.69, 9.17) is 4.74 Å². The first-order valence-electron chi connectivity index (χ1n) is 18.2. The molecule has 8 rings (SSSR count). The number of nitrogens with one attached hydrogen (secondary N) is 1. The Kier molecular flexibility index (Phi) is 8.11. The Labute approximate surface area is 283 Å². The highest BCUT2D eigenvalue weighted by Crippen LogP contribution is 2.67. The van der Waals surface area contributed by atoms with Gasteiger partial charge in [-0.25, -0.2) is 0 Å². The third kappa shape index (κ3) is 5.11. The molecule has 2 aromatic carbocycles. The zero-order valence-electron chi connectivity index (χ0n) is 28.4. The van der Waals surface area contributed by atoms with Crippen molar-refractivity contribution in [3.8, 4) is 17.0 Å². The number of hydrogen-bond donors (Lipinski definition) is 1. The van der Waals surface area contributed by atoms with E-state index in [-0.39, 0.29) is 17.4 Å². The highest BCUT2D eigenvalue weighted by Gasteiger charge is 2.65. The third-order valence-corrected chi connectivity index (χ3v) is 13.4. The van der Waals surface area contributed by atoms with Crippen molar-refractivity contribution in [1.82, 2.24) is 19.1 Å². The van der Waals surface area contributed by atoms with Gasteiger partial charge >= 0.3 is 0 Å². The molecule has 0 radical (unpaired) electrons. The first-order valence-corrected chi connectivity index (χ1v) is 19.1. The van der Waals surface area contributed by atoms with Crippen molar-refractivity contribution in [2.45, 2.75) is 101 Å². The van der Waals surface area contributed by atoms with Gasteiger partial charge in [0.2, 0.25) is 5.91 Å². The minimum Gasteiger partial charge on any atom is -0.497 e. The summed E-state index contributed by atoms with van der Waals surface area (Å²) < 4.78 is 11.4. The standard InChI is InChI=1S/C39H50N4O3S/c1-4-21-47-40-36(44)27-11-13-30-33(22-27)42-25-39(37(45)43-18-8-15-38(43)16-19-41(2)20-17-38)24-32(39)31-23-28(46-3)12-14-29(31)35(42)34(30)26-9-6-5-7-10-26/h11-14,22-23,26,32H,4-10,15-21,24-25H2,1-3H3,(H,40,44). The minimum absolute atomic E-state index is 0.00868. The van der Waals surface area contributed by atoms with Crippen LogP contribution < -0.4 is 9.46 Å². The predicted octanol–water partition coefficient (Wildman–Crippen LogP) is 7.73. The number of aromatic nitrogens is 1. The monoisotopic (exact) mass is 654 g/mol. The molecule has 2 unspecified atom stereocenters. The SMILES string of the molecule is CCCSNC(=O)c1ccc2c(C3CCCCC3)c3n(c2c1)CC1(C(=O)N2CCCC24CCN(C)CC4)CC1c1cc(OC)ccc1-3. The number of ether oxygens (including phenoxy) is 1. The van der Waals surface area contributed by atoms with E-state index in [9.17, 15) is 4.79 Å². The number of carbonyl (C=O) groups is 2. The van der Waals surface area contributed by atoms with Crippen LogP contribution in [0.25, 0.3) is 22.2 Å². The van der Waals surface area contributed by atoms with Crippen LogP contribution in [0.3, 0.4) is 0 Å². The molecule has 47 heavy (non-hydrogen) atoms. The van der Waals surface area contributed by atoms with Crippen molar-refractivity contribution >= 4 is 34.7 Å². The molecule has 3 aromatic rings. The second-order valence-corrected chi connectivity index (χ2v) is 16.0. The zero-order chi connectivity index (χ0) is 32.3. The molecule has 1 spiro atoms. The fraction of sp³-hybridized carbons (Fsp3) is 0.590. The molecule has 0 bridgehead atoms. The van der Waals surface area contributed by atoms with Crippen molar-refractivity contribution in [3.05, 3.63) is 53.1 Å². The molecule has 7 nitrogen and oxygen atoms in total. The average Bonchev–Trinajstić information content (AvgIpc) is 3.60. The maximum atomic E-state index is 15.2. The molecule has 2 saturated carbocycles. The van der Waals surface area contributed by atoms with Gasteiger partial charge in [-0.2, -0.15) is 0 Å². The van der Waals surface area contributed by atoms with E-state index in [1.165, 1.54) is 71.8 Å². The number of methoxy groups -OCH3 is 1. The topological polar surface area (TPSA) is 66.8 Å². The Morgan fingerprint density at radius 1 is 1.00 bits per heavy atom. The molecular weight excluding hydrogens is 605 g/mol. The van der Waals surface area contributed by atoms with Crippen molar-refractivity contribution in [2.75, 3.05) is 39.5 Å². The summed E-state index contributed by atoms with van der Waals surface area (Å²) in [5, 5.41) is 1.25. The lowest BCUT2D eigenvalue weighted by atomic mass is 9.81. The van der Waals surface area contributed by atoms with E-state index in [2.05, 4.69) is 63.4 Å². The van der Waals surface area contributed by atoms with Gasteiger partial charge in [0, 0.05) is 65.4 Å². The summed E-state index contributed by atoms with van der Waals surface area (Å²) >= 11 is 1.48. The highest BCUT2D eigenvalue weighted by molar-refractivity contribution is 7.97. The highest BCUT2D eigenvalue weighted by atomic mass is 32.2. The van der Waals surface area contributed by atoms with E-state index in [0.717, 1.165) is 75.2 Å². The summed E-state index contributed by atoms with van der Waals surface area (Å²) in [7, 11) is 3.95. The quantitative estimate of drug-likeness (QED) is 0.209. The van der Waals surface area contributed by atoms with Crippen LogP contribution in [0.4, 0.5) is 0 Å². The van der Waals surface area contributed by atoms with E-state index in [1.54, 1.807) is 7.11 Å². The van der Waals surface area contributed by atoms with Gasteiger partial charge in [-0.1, -0.05) is 44.2 Å². The number of fused-ring (bicyclic) bond motifs is 7. The fourth-order valence-corrected chi connectivity index (χ4v) is 10.3. The fourth-order valence-electron chi connectivity index (χ4n) is 9.78. The molecule has 5 aliphatic rings. The molecule has 1 N–H and O–H groups in total. The first kappa shape index (κ1) is 31.3. The van der Waals surface area contributed by atoms with Crippen LogP contribution in [0, 0.1) is 5.41 Å². The van der Waals surface area contributed by atoms with Crippen molar-refractivity contribution in [3.63, 3.8) is 0 Å². The second-order valence-electron chi connectivity index (χ2n) is 15.1. The molecule has 3 aliphatic heterocycles. The molecule has 2 aliphatic carbocycles. The van der Waals surface area contributed by atoms with E-state index in [0.29, 0.717) is 23.9 Å². The number of nitrogens with zero attached hydrogens (tertiary/aromatic N) is 3. The molecule has 250 valence electrons. The molecule has 2 saturated heterocycles. The molecule has 2 atom stereocenters. The Morgan fingerprint density at radius 2 is 1.81 bits per heavy atom. The molecule has 4 fully saturated rings. The zero-order valence-corrected chi connectivity index (χ0v) is 29.2. The summed E-state index contributed by atoms with van der Waals surface area (Å²) in [6.45, 7) is 5.76. The number of amides is 2. The number of benzene rings is 2. The number of carbonyl (C=O) groups excluding carboxylic acids is 2. The lowest BCUT2D eigenvalue weighted by Gasteiger charge is -2.45. The molecule has 2 amide bonds. The van der Waals surface area contributed by atoms with Crippen molar-refractivity contribution in [1.29, 1.82) is 0 Å². The van der Waals surface area contributed by atoms with Gasteiger partial charge in [-0.05, 0) is 106 Å². The number of hydrogen-bond acceptors (Lipinski definition) is 5. The molecular formula is C39H50N4O3S. The van der Waals surface area contributed by atoms with Crippen LogP contribution in [0.2, 0.25) is 0 Å². The van der Waals surface area contributed by atoms with Crippen LogP contribution >= 0.6 is 11.9 Å². The van der Waals surface area contributed by atoms with Crippen LogP contribution in [-0.2, 0) is 11.3 Å². The lowest BCUT2D eigenvalue weighted by Crippen LogP contribution is -2.55. The summed E-state index contributed by atoms with van der Waals surface area (Å²) in [6.07, 6.45) is 12.4. The Bertz CT molecular complexity index is 1700. The van der Waals surface area contributed by atoms with Crippen LogP contribution in [0.1, 0.15) is 111 Å². The maximum absolute atomic E-state index is 15.2. The normalized spacial score (nSPS) is 25.3. The Balaban J connectivity index is 1.29. The van der Waals surface area contributed by atoms with Crippen LogP contribution in [-0.4, -0.2) is 71.3 Å².